The van der Waals surface area contributed by atoms with E-state index < -0.39 is 0 Å². The van der Waals surface area contributed by atoms with Crippen molar-refractivity contribution in [2.75, 3.05) is 6.54 Å². The molecule has 0 aliphatic carbocycles. The number of benzene rings is 2. The third kappa shape index (κ3) is 3.38. The van der Waals surface area contributed by atoms with E-state index in [4.69, 9.17) is 0 Å². The van der Waals surface area contributed by atoms with E-state index in [1.807, 2.05) is 68.4 Å². The third-order valence-corrected chi connectivity index (χ3v) is 3.84. The second-order valence-electron chi connectivity index (χ2n) is 5.79. The van der Waals surface area contributed by atoms with Crippen LogP contribution in [0.2, 0.25) is 0 Å². The molecule has 2 aromatic carbocycles. The van der Waals surface area contributed by atoms with Crippen molar-refractivity contribution in [3.8, 4) is 16.9 Å². The predicted octanol–water partition coefficient (Wildman–Crippen LogP) is 3.99. The van der Waals surface area contributed by atoms with Crippen LogP contribution in [0.3, 0.4) is 0 Å². The van der Waals surface area contributed by atoms with Gasteiger partial charge < -0.3 is 5.32 Å². The standard InChI is InChI=1S/C20H21N3O/c1-3-13-21-20(24)18-14-23(17-11-9-15(2)10-12-17)22-19(18)16-7-5-4-6-8-16/h4-12,14H,3,13H2,1-2H3,(H,21,24). The molecule has 24 heavy (non-hydrogen) atoms. The Bertz CT molecular complexity index is 820. The number of nitrogens with zero attached hydrogens (tertiary/aromatic N) is 2. The van der Waals surface area contributed by atoms with Gasteiger partial charge in [0.15, 0.2) is 0 Å². The van der Waals surface area contributed by atoms with Crippen LogP contribution >= 0.6 is 0 Å². The summed E-state index contributed by atoms with van der Waals surface area (Å²) >= 11 is 0. The summed E-state index contributed by atoms with van der Waals surface area (Å²) in [4.78, 5) is 12.5. The molecule has 3 aromatic rings. The van der Waals surface area contributed by atoms with Crippen molar-refractivity contribution in [2.24, 2.45) is 0 Å². The molecule has 1 aromatic heterocycles. The zero-order chi connectivity index (χ0) is 16.9. The Morgan fingerprint density at radius 3 is 2.46 bits per heavy atom. The zero-order valence-electron chi connectivity index (χ0n) is 14.0. The van der Waals surface area contributed by atoms with Crippen LogP contribution in [-0.4, -0.2) is 22.2 Å². The molecule has 0 unspecified atom stereocenters. The van der Waals surface area contributed by atoms with E-state index in [1.54, 1.807) is 10.9 Å². The number of aromatic nitrogens is 2. The highest BCUT2D eigenvalue weighted by Gasteiger charge is 2.18. The highest BCUT2D eigenvalue weighted by Crippen LogP contribution is 2.23. The van der Waals surface area contributed by atoms with Crippen molar-refractivity contribution in [3.05, 3.63) is 71.9 Å². The monoisotopic (exact) mass is 319 g/mol. The van der Waals surface area contributed by atoms with Crippen LogP contribution in [0.5, 0.6) is 0 Å². The fourth-order valence-corrected chi connectivity index (χ4v) is 2.51. The highest BCUT2D eigenvalue weighted by molar-refractivity contribution is 5.99. The van der Waals surface area contributed by atoms with Gasteiger partial charge in [0.2, 0.25) is 0 Å². The molecule has 0 saturated carbocycles. The van der Waals surface area contributed by atoms with Gasteiger partial charge in [-0.2, -0.15) is 5.10 Å². The van der Waals surface area contributed by atoms with Gasteiger partial charge in [0.25, 0.3) is 5.91 Å². The van der Waals surface area contributed by atoms with E-state index in [-0.39, 0.29) is 5.91 Å². The number of hydrogen-bond donors (Lipinski definition) is 1. The number of rotatable bonds is 5. The summed E-state index contributed by atoms with van der Waals surface area (Å²) in [5.74, 6) is -0.0888. The van der Waals surface area contributed by atoms with Crippen LogP contribution in [-0.2, 0) is 0 Å². The summed E-state index contributed by atoms with van der Waals surface area (Å²) < 4.78 is 1.77. The Hall–Kier alpha value is -2.88. The van der Waals surface area contributed by atoms with Gasteiger partial charge in [-0.15, -0.1) is 0 Å². The van der Waals surface area contributed by atoms with Crippen molar-refractivity contribution in [2.45, 2.75) is 20.3 Å². The van der Waals surface area contributed by atoms with Crippen LogP contribution in [0.15, 0.2) is 60.8 Å². The van der Waals surface area contributed by atoms with Gasteiger partial charge in [-0.3, -0.25) is 4.79 Å². The van der Waals surface area contributed by atoms with E-state index in [0.717, 1.165) is 17.7 Å². The van der Waals surface area contributed by atoms with Gasteiger partial charge in [-0.25, -0.2) is 4.68 Å². The summed E-state index contributed by atoms with van der Waals surface area (Å²) in [5.41, 5.74) is 4.35. The summed E-state index contributed by atoms with van der Waals surface area (Å²) in [6, 6.07) is 17.9. The molecule has 0 spiro atoms. The molecule has 1 amide bonds. The van der Waals surface area contributed by atoms with Crippen molar-refractivity contribution in [1.29, 1.82) is 0 Å². The topological polar surface area (TPSA) is 46.9 Å². The molecule has 0 radical (unpaired) electrons. The lowest BCUT2D eigenvalue weighted by Crippen LogP contribution is -2.24. The van der Waals surface area contributed by atoms with Crippen LogP contribution in [0, 0.1) is 6.92 Å². The number of amides is 1. The Kier molecular flexibility index (Phi) is 4.75. The number of nitrogens with one attached hydrogen (secondary N) is 1. The van der Waals surface area contributed by atoms with Crippen molar-refractivity contribution >= 4 is 5.91 Å². The quantitative estimate of drug-likeness (QED) is 0.773. The van der Waals surface area contributed by atoms with Crippen molar-refractivity contribution < 1.29 is 4.79 Å². The van der Waals surface area contributed by atoms with Crippen LogP contribution < -0.4 is 5.32 Å². The molecule has 0 atom stereocenters. The van der Waals surface area contributed by atoms with Gasteiger partial charge in [0.05, 0.1) is 11.3 Å². The molecule has 0 bridgehead atoms. The minimum atomic E-state index is -0.0888. The lowest BCUT2D eigenvalue weighted by Gasteiger charge is -2.03. The number of carbonyl (C=O) groups is 1. The van der Waals surface area contributed by atoms with Crippen LogP contribution in [0.4, 0.5) is 0 Å². The maximum Gasteiger partial charge on any atom is 0.255 e. The Morgan fingerprint density at radius 2 is 1.79 bits per heavy atom. The zero-order valence-corrected chi connectivity index (χ0v) is 14.0. The first-order chi connectivity index (χ1) is 11.7. The largest absolute Gasteiger partial charge is 0.352 e. The summed E-state index contributed by atoms with van der Waals surface area (Å²) in [7, 11) is 0. The number of hydrogen-bond acceptors (Lipinski definition) is 2. The predicted molar refractivity (Wildman–Crippen MR) is 96.4 cm³/mol. The molecule has 0 fully saturated rings. The number of aryl methyl sites for hydroxylation is 1. The Morgan fingerprint density at radius 1 is 1.08 bits per heavy atom. The van der Waals surface area contributed by atoms with Gasteiger partial charge in [-0.05, 0) is 25.5 Å². The third-order valence-electron chi connectivity index (χ3n) is 3.84. The highest BCUT2D eigenvalue weighted by atomic mass is 16.1. The van der Waals surface area contributed by atoms with E-state index in [2.05, 4.69) is 10.4 Å². The fraction of sp³-hybridized carbons (Fsp3) is 0.200. The van der Waals surface area contributed by atoms with Crippen molar-refractivity contribution in [1.82, 2.24) is 15.1 Å². The minimum absolute atomic E-state index is 0.0888. The molecule has 0 aliphatic heterocycles. The second kappa shape index (κ2) is 7.13. The molecule has 3 rings (SSSR count). The molecular formula is C20H21N3O. The normalized spacial score (nSPS) is 10.6. The van der Waals surface area contributed by atoms with Gasteiger partial charge in [0, 0.05) is 18.3 Å². The first kappa shape index (κ1) is 16.0. The van der Waals surface area contributed by atoms with Gasteiger partial charge in [0.1, 0.15) is 5.69 Å². The average molecular weight is 319 g/mol. The smallest absolute Gasteiger partial charge is 0.255 e. The molecule has 0 aliphatic rings. The van der Waals surface area contributed by atoms with Gasteiger partial charge in [-0.1, -0.05) is 55.0 Å². The summed E-state index contributed by atoms with van der Waals surface area (Å²) in [6.07, 6.45) is 2.70. The molecule has 0 saturated heterocycles. The maximum absolute atomic E-state index is 12.5. The van der Waals surface area contributed by atoms with E-state index in [1.165, 1.54) is 5.56 Å². The molecule has 4 heteroatoms. The van der Waals surface area contributed by atoms with Gasteiger partial charge >= 0.3 is 0 Å². The molecule has 1 heterocycles. The fourth-order valence-electron chi connectivity index (χ4n) is 2.51. The first-order valence-corrected chi connectivity index (χ1v) is 8.19. The van der Waals surface area contributed by atoms with Crippen LogP contribution in [0.1, 0.15) is 29.3 Å². The van der Waals surface area contributed by atoms with Crippen molar-refractivity contribution in [3.63, 3.8) is 0 Å². The Balaban J connectivity index is 2.05. The Labute approximate surface area is 142 Å². The maximum atomic E-state index is 12.5. The molecule has 122 valence electrons. The summed E-state index contributed by atoms with van der Waals surface area (Å²) in [6.45, 7) is 4.74. The van der Waals surface area contributed by atoms with E-state index in [9.17, 15) is 4.79 Å². The van der Waals surface area contributed by atoms with Crippen LogP contribution in [0.25, 0.3) is 16.9 Å². The first-order valence-electron chi connectivity index (χ1n) is 8.19. The number of carbonyl (C=O) groups excluding carboxylic acids is 1. The lowest BCUT2D eigenvalue weighted by molar-refractivity contribution is 0.0954. The average Bonchev–Trinajstić information content (AvgIpc) is 3.06. The molecular weight excluding hydrogens is 298 g/mol. The summed E-state index contributed by atoms with van der Waals surface area (Å²) in [5, 5.41) is 7.61. The second-order valence-corrected chi connectivity index (χ2v) is 5.79. The van der Waals surface area contributed by atoms with E-state index >= 15 is 0 Å². The minimum Gasteiger partial charge on any atom is -0.352 e. The lowest BCUT2D eigenvalue weighted by atomic mass is 10.1. The van der Waals surface area contributed by atoms with E-state index in [0.29, 0.717) is 17.8 Å². The SMILES string of the molecule is CCCNC(=O)c1cn(-c2ccc(C)cc2)nc1-c1ccccc1. The molecule has 4 nitrogen and oxygen atoms in total. The molecule has 1 N–H and O–H groups in total.